The molecule has 0 rings (SSSR count). The van der Waals surface area contributed by atoms with Gasteiger partial charge in [0.25, 0.3) is 0 Å². The number of amides is 1. The first-order valence-corrected chi connectivity index (χ1v) is 3.85. The minimum absolute atomic E-state index is 0.176. The summed E-state index contributed by atoms with van der Waals surface area (Å²) in [4.78, 5) is 28.3. The summed E-state index contributed by atoms with van der Waals surface area (Å²) in [6, 6.07) is 0. The highest BCUT2D eigenvalue weighted by Crippen LogP contribution is 1.81. The van der Waals surface area contributed by atoms with Gasteiger partial charge in [-0.3, -0.25) is 4.79 Å². The SMILES string of the molecule is C=C(C)C(=O)O.C=CC(=O)O.C=CC(N)=O. The van der Waals surface area contributed by atoms with Gasteiger partial charge in [-0.2, -0.15) is 0 Å². The lowest BCUT2D eigenvalue weighted by molar-refractivity contribution is -0.133. The lowest BCUT2D eigenvalue weighted by Crippen LogP contribution is -2.04. The van der Waals surface area contributed by atoms with Gasteiger partial charge in [-0.1, -0.05) is 19.7 Å². The number of rotatable bonds is 3. The van der Waals surface area contributed by atoms with E-state index in [1.54, 1.807) is 0 Å². The molecule has 0 unspecified atom stereocenters. The van der Waals surface area contributed by atoms with Gasteiger partial charge < -0.3 is 15.9 Å². The fourth-order valence-corrected chi connectivity index (χ4v) is 0. The minimum Gasteiger partial charge on any atom is -0.478 e. The molecule has 0 fully saturated rings. The van der Waals surface area contributed by atoms with Crippen molar-refractivity contribution in [2.24, 2.45) is 5.73 Å². The Kier molecular flexibility index (Phi) is 15.2. The van der Waals surface area contributed by atoms with Gasteiger partial charge in [0.1, 0.15) is 0 Å². The van der Waals surface area contributed by atoms with E-state index in [1.807, 2.05) is 0 Å². The number of carboxylic acids is 2. The quantitative estimate of drug-likeness (QED) is 0.611. The average Bonchev–Trinajstić information content (AvgIpc) is 2.19. The summed E-state index contributed by atoms with van der Waals surface area (Å²) in [6.45, 7) is 10.6. The monoisotopic (exact) mass is 229 g/mol. The van der Waals surface area contributed by atoms with E-state index >= 15 is 0 Å². The van der Waals surface area contributed by atoms with Crippen molar-refractivity contribution in [1.29, 1.82) is 0 Å². The van der Waals surface area contributed by atoms with E-state index in [9.17, 15) is 14.4 Å². The van der Waals surface area contributed by atoms with Crippen LogP contribution in [-0.4, -0.2) is 28.1 Å². The molecule has 0 aliphatic heterocycles. The Morgan fingerprint density at radius 3 is 1.31 bits per heavy atom. The lowest BCUT2D eigenvalue weighted by atomic mass is 10.4. The third-order valence-corrected chi connectivity index (χ3v) is 0.741. The number of hydrogen-bond donors (Lipinski definition) is 3. The van der Waals surface area contributed by atoms with Gasteiger partial charge in [-0.05, 0) is 13.0 Å². The lowest BCUT2D eigenvalue weighted by Gasteiger charge is -1.79. The van der Waals surface area contributed by atoms with Crippen molar-refractivity contribution in [1.82, 2.24) is 0 Å². The van der Waals surface area contributed by atoms with Gasteiger partial charge in [-0.25, -0.2) is 9.59 Å². The second-order valence-electron chi connectivity index (χ2n) is 2.23. The minimum atomic E-state index is -0.981. The summed E-state index contributed by atoms with van der Waals surface area (Å²) in [5.74, 6) is -2.40. The van der Waals surface area contributed by atoms with Gasteiger partial charge in [0.05, 0.1) is 0 Å². The van der Waals surface area contributed by atoms with Crippen LogP contribution in [0.4, 0.5) is 0 Å². The Labute approximate surface area is 93.4 Å². The van der Waals surface area contributed by atoms with Crippen LogP contribution in [0.25, 0.3) is 0 Å². The molecule has 90 valence electrons. The number of carboxylic acid groups (broad SMARTS) is 2. The van der Waals surface area contributed by atoms with E-state index in [0.29, 0.717) is 0 Å². The molecule has 6 nitrogen and oxygen atoms in total. The summed E-state index contributed by atoms with van der Waals surface area (Å²) >= 11 is 0. The molecule has 1 amide bonds. The Balaban J connectivity index is -0.000000160. The van der Waals surface area contributed by atoms with Crippen LogP contribution in [0.5, 0.6) is 0 Å². The van der Waals surface area contributed by atoms with Crippen LogP contribution >= 0.6 is 0 Å². The van der Waals surface area contributed by atoms with E-state index in [4.69, 9.17) is 10.2 Å². The van der Waals surface area contributed by atoms with Crippen LogP contribution in [0, 0.1) is 0 Å². The van der Waals surface area contributed by atoms with Crippen LogP contribution in [0.3, 0.4) is 0 Å². The molecule has 4 N–H and O–H groups in total. The van der Waals surface area contributed by atoms with Crippen LogP contribution in [0.2, 0.25) is 0 Å². The Morgan fingerprint density at radius 1 is 1.12 bits per heavy atom. The predicted molar refractivity (Wildman–Crippen MR) is 59.7 cm³/mol. The zero-order valence-corrected chi connectivity index (χ0v) is 8.97. The summed E-state index contributed by atoms with van der Waals surface area (Å²) in [5, 5.41) is 15.5. The molecule has 0 saturated carbocycles. The van der Waals surface area contributed by atoms with Gasteiger partial charge in [0, 0.05) is 11.6 Å². The molecule has 0 aromatic carbocycles. The second-order valence-corrected chi connectivity index (χ2v) is 2.23. The van der Waals surface area contributed by atoms with E-state index in [1.165, 1.54) is 6.92 Å². The fourth-order valence-electron chi connectivity index (χ4n) is 0. The Bertz CT molecular complexity index is 264. The highest BCUT2D eigenvalue weighted by Gasteiger charge is 1.90. The number of primary amides is 1. The number of hydrogen-bond acceptors (Lipinski definition) is 3. The van der Waals surface area contributed by atoms with Gasteiger partial charge in [0.2, 0.25) is 5.91 Å². The maximum atomic E-state index is 9.60. The predicted octanol–water partition coefficient (Wildman–Crippen LogP) is 0.562. The molecule has 0 saturated heterocycles. The normalized spacial score (nSPS) is 6.81. The first kappa shape index (κ1) is 19.2. The molecular formula is C10H15NO5. The fraction of sp³-hybridized carbons (Fsp3) is 0.100. The van der Waals surface area contributed by atoms with Crippen LogP contribution in [-0.2, 0) is 14.4 Å². The zero-order valence-electron chi connectivity index (χ0n) is 8.97. The molecule has 0 heterocycles. The number of carbonyl (C=O) groups is 3. The number of nitrogens with two attached hydrogens (primary N) is 1. The Morgan fingerprint density at radius 2 is 1.31 bits per heavy atom. The van der Waals surface area contributed by atoms with Gasteiger partial charge >= 0.3 is 11.9 Å². The van der Waals surface area contributed by atoms with Crippen LogP contribution in [0.15, 0.2) is 37.5 Å². The summed E-state index contributed by atoms with van der Waals surface area (Å²) in [7, 11) is 0. The van der Waals surface area contributed by atoms with E-state index in [0.717, 1.165) is 12.2 Å². The molecule has 0 aliphatic rings. The molecular weight excluding hydrogens is 214 g/mol. The smallest absolute Gasteiger partial charge is 0.330 e. The van der Waals surface area contributed by atoms with Crippen molar-refractivity contribution >= 4 is 17.8 Å². The molecule has 0 aromatic heterocycles. The molecule has 0 spiro atoms. The molecule has 6 heteroatoms. The van der Waals surface area contributed by atoms with Crippen molar-refractivity contribution in [2.45, 2.75) is 6.92 Å². The zero-order chi connectivity index (χ0) is 13.7. The van der Waals surface area contributed by atoms with Crippen molar-refractivity contribution in [3.63, 3.8) is 0 Å². The second kappa shape index (κ2) is 12.6. The molecule has 0 radical (unpaired) electrons. The molecule has 0 aliphatic carbocycles. The largest absolute Gasteiger partial charge is 0.478 e. The van der Waals surface area contributed by atoms with E-state index < -0.39 is 17.8 Å². The maximum absolute atomic E-state index is 9.60. The third-order valence-electron chi connectivity index (χ3n) is 0.741. The summed E-state index contributed by atoms with van der Waals surface area (Å²) in [5.41, 5.74) is 4.71. The molecule has 16 heavy (non-hydrogen) atoms. The highest BCUT2D eigenvalue weighted by molar-refractivity contribution is 5.85. The van der Waals surface area contributed by atoms with Gasteiger partial charge in [0.15, 0.2) is 0 Å². The van der Waals surface area contributed by atoms with Crippen molar-refractivity contribution < 1.29 is 24.6 Å². The van der Waals surface area contributed by atoms with Crippen molar-refractivity contribution in [3.05, 3.63) is 37.5 Å². The number of aliphatic carboxylic acids is 2. The van der Waals surface area contributed by atoms with Crippen LogP contribution in [0.1, 0.15) is 6.92 Å². The van der Waals surface area contributed by atoms with Gasteiger partial charge in [-0.15, -0.1) is 0 Å². The highest BCUT2D eigenvalue weighted by atomic mass is 16.4. The van der Waals surface area contributed by atoms with Crippen molar-refractivity contribution in [3.8, 4) is 0 Å². The standard InChI is InChI=1S/C4H6O2.C3H5NO.C3H4O2/c1-3(2)4(5)6;2*1-2-3(4)5/h1H2,2H3,(H,5,6);2H,1H2,(H2,4,5);2H,1H2,(H,4,5). The third kappa shape index (κ3) is 41.5. The topological polar surface area (TPSA) is 118 Å². The van der Waals surface area contributed by atoms with E-state index in [2.05, 4.69) is 25.5 Å². The van der Waals surface area contributed by atoms with E-state index in [-0.39, 0.29) is 5.57 Å². The molecule has 0 atom stereocenters. The first-order chi connectivity index (χ1) is 7.18. The first-order valence-electron chi connectivity index (χ1n) is 3.85. The summed E-state index contributed by atoms with van der Waals surface area (Å²) in [6.07, 6.45) is 1.89. The molecule has 0 aromatic rings. The molecule has 0 bridgehead atoms. The number of carbonyl (C=O) groups excluding carboxylic acids is 1. The average molecular weight is 229 g/mol. The Hall–Kier alpha value is -2.37. The maximum Gasteiger partial charge on any atom is 0.330 e. The van der Waals surface area contributed by atoms with Crippen molar-refractivity contribution in [2.75, 3.05) is 0 Å². The van der Waals surface area contributed by atoms with Crippen LogP contribution < -0.4 is 5.73 Å². The summed E-state index contributed by atoms with van der Waals surface area (Å²) < 4.78 is 0.